The van der Waals surface area contributed by atoms with Crippen molar-refractivity contribution in [2.45, 2.75) is 32.7 Å². The molecule has 2 rings (SSSR count). The third-order valence-corrected chi connectivity index (χ3v) is 4.89. The van der Waals surface area contributed by atoms with Gasteiger partial charge in [0.1, 0.15) is 0 Å². The van der Waals surface area contributed by atoms with Gasteiger partial charge in [-0.25, -0.2) is 0 Å². The Kier molecular flexibility index (Phi) is 5.43. The summed E-state index contributed by atoms with van der Waals surface area (Å²) in [4.78, 5) is 2.47. The fourth-order valence-electron chi connectivity index (χ4n) is 3.30. The van der Waals surface area contributed by atoms with E-state index in [9.17, 15) is 0 Å². The molecule has 1 fully saturated rings. The molecule has 1 N–H and O–H groups in total. The lowest BCUT2D eigenvalue weighted by atomic mass is 9.82. The molecule has 1 heterocycles. The number of nitrogens with one attached hydrogen (secondary N) is 1. The molecule has 2 nitrogen and oxygen atoms in total. The van der Waals surface area contributed by atoms with Crippen LogP contribution in [0.1, 0.15) is 31.7 Å². The SMILES string of the molecule is CCCC1(CN(C)Cc2ccccc2Br)CCNC1. The van der Waals surface area contributed by atoms with Crippen LogP contribution in [0.2, 0.25) is 0 Å². The molecular formula is C16H25BrN2. The van der Waals surface area contributed by atoms with Crippen molar-refractivity contribution in [3.63, 3.8) is 0 Å². The molecule has 0 aliphatic carbocycles. The van der Waals surface area contributed by atoms with Crippen LogP contribution in [0.15, 0.2) is 28.7 Å². The highest BCUT2D eigenvalue weighted by molar-refractivity contribution is 9.10. The molecule has 1 atom stereocenters. The number of rotatable bonds is 6. The zero-order chi connectivity index (χ0) is 13.7. The van der Waals surface area contributed by atoms with E-state index in [1.165, 1.54) is 48.9 Å². The third-order valence-electron chi connectivity index (χ3n) is 4.12. The summed E-state index contributed by atoms with van der Waals surface area (Å²) in [7, 11) is 2.25. The predicted molar refractivity (Wildman–Crippen MR) is 85.3 cm³/mol. The van der Waals surface area contributed by atoms with E-state index in [2.05, 4.69) is 64.4 Å². The third kappa shape index (κ3) is 4.04. The first kappa shape index (κ1) is 15.0. The highest BCUT2D eigenvalue weighted by Crippen LogP contribution is 2.32. The van der Waals surface area contributed by atoms with Crippen LogP contribution < -0.4 is 5.32 Å². The molecule has 3 heteroatoms. The summed E-state index contributed by atoms with van der Waals surface area (Å²) in [5.41, 5.74) is 1.87. The van der Waals surface area contributed by atoms with Crippen molar-refractivity contribution in [2.75, 3.05) is 26.7 Å². The van der Waals surface area contributed by atoms with Gasteiger partial charge in [0.05, 0.1) is 0 Å². The van der Waals surface area contributed by atoms with Gasteiger partial charge in [0, 0.05) is 24.1 Å². The second kappa shape index (κ2) is 6.87. The fraction of sp³-hybridized carbons (Fsp3) is 0.625. The van der Waals surface area contributed by atoms with Crippen molar-refractivity contribution >= 4 is 15.9 Å². The van der Waals surface area contributed by atoms with Gasteiger partial charge in [0.2, 0.25) is 0 Å². The Morgan fingerprint density at radius 3 is 2.79 bits per heavy atom. The van der Waals surface area contributed by atoms with Crippen molar-refractivity contribution in [1.29, 1.82) is 0 Å². The lowest BCUT2D eigenvalue weighted by Crippen LogP contribution is -2.37. The maximum atomic E-state index is 3.64. The maximum Gasteiger partial charge on any atom is 0.0242 e. The highest BCUT2D eigenvalue weighted by Gasteiger charge is 2.33. The van der Waals surface area contributed by atoms with Gasteiger partial charge in [0.25, 0.3) is 0 Å². The summed E-state index contributed by atoms with van der Waals surface area (Å²) in [5, 5.41) is 3.54. The minimum Gasteiger partial charge on any atom is -0.316 e. The van der Waals surface area contributed by atoms with Crippen LogP contribution in [0.3, 0.4) is 0 Å². The highest BCUT2D eigenvalue weighted by atomic mass is 79.9. The molecule has 106 valence electrons. The normalized spacial score (nSPS) is 23.2. The largest absolute Gasteiger partial charge is 0.316 e. The first-order valence-electron chi connectivity index (χ1n) is 7.28. The number of hydrogen-bond donors (Lipinski definition) is 1. The molecule has 1 aromatic carbocycles. The Balaban J connectivity index is 1.96. The van der Waals surface area contributed by atoms with Gasteiger partial charge in [0.15, 0.2) is 0 Å². The maximum absolute atomic E-state index is 3.64. The van der Waals surface area contributed by atoms with Crippen LogP contribution >= 0.6 is 15.9 Å². The molecule has 1 aliphatic heterocycles. The van der Waals surface area contributed by atoms with Crippen LogP contribution in [0.5, 0.6) is 0 Å². The zero-order valence-corrected chi connectivity index (χ0v) is 13.7. The van der Waals surface area contributed by atoms with Crippen LogP contribution in [-0.4, -0.2) is 31.6 Å². The number of benzene rings is 1. The Labute approximate surface area is 125 Å². The molecule has 19 heavy (non-hydrogen) atoms. The summed E-state index contributed by atoms with van der Waals surface area (Å²) in [6, 6.07) is 8.53. The molecule has 0 saturated carbocycles. The summed E-state index contributed by atoms with van der Waals surface area (Å²) in [6.07, 6.45) is 3.94. The van der Waals surface area contributed by atoms with Crippen molar-refractivity contribution < 1.29 is 0 Å². The van der Waals surface area contributed by atoms with Gasteiger partial charge >= 0.3 is 0 Å². The first-order valence-corrected chi connectivity index (χ1v) is 8.07. The topological polar surface area (TPSA) is 15.3 Å². The minimum atomic E-state index is 0.491. The van der Waals surface area contributed by atoms with E-state index in [0.29, 0.717) is 5.41 Å². The minimum absolute atomic E-state index is 0.491. The van der Waals surface area contributed by atoms with E-state index in [1.807, 2.05) is 0 Å². The summed E-state index contributed by atoms with van der Waals surface area (Å²) >= 11 is 3.64. The van der Waals surface area contributed by atoms with Gasteiger partial charge in [-0.15, -0.1) is 0 Å². The molecule has 0 spiro atoms. The molecule has 1 unspecified atom stereocenters. The van der Waals surface area contributed by atoms with Crippen molar-refractivity contribution in [1.82, 2.24) is 10.2 Å². The van der Waals surface area contributed by atoms with E-state index in [-0.39, 0.29) is 0 Å². The van der Waals surface area contributed by atoms with Gasteiger partial charge in [-0.3, -0.25) is 0 Å². The van der Waals surface area contributed by atoms with E-state index in [0.717, 1.165) is 6.54 Å². The van der Waals surface area contributed by atoms with Gasteiger partial charge in [-0.1, -0.05) is 47.5 Å². The van der Waals surface area contributed by atoms with Gasteiger partial charge < -0.3 is 10.2 Å². The quantitative estimate of drug-likeness (QED) is 0.859. The van der Waals surface area contributed by atoms with Crippen LogP contribution in [-0.2, 0) is 6.54 Å². The van der Waals surface area contributed by atoms with Gasteiger partial charge in [-0.05, 0) is 43.5 Å². The van der Waals surface area contributed by atoms with Crippen LogP contribution in [0, 0.1) is 5.41 Å². The molecule has 0 aromatic heterocycles. The summed E-state index contributed by atoms with van der Waals surface area (Å²) in [6.45, 7) is 6.87. The summed E-state index contributed by atoms with van der Waals surface area (Å²) < 4.78 is 1.22. The Morgan fingerprint density at radius 1 is 1.37 bits per heavy atom. The monoisotopic (exact) mass is 324 g/mol. The van der Waals surface area contributed by atoms with Crippen LogP contribution in [0.4, 0.5) is 0 Å². The Morgan fingerprint density at radius 2 is 2.16 bits per heavy atom. The average molecular weight is 325 g/mol. The van der Waals surface area contributed by atoms with Crippen molar-refractivity contribution in [2.24, 2.45) is 5.41 Å². The standard InChI is InChI=1S/C16H25BrN2/c1-3-8-16(9-10-18-12-16)13-19(2)11-14-6-4-5-7-15(14)17/h4-7,18H,3,8-13H2,1-2H3. The molecular weight excluding hydrogens is 300 g/mol. The molecule has 1 saturated heterocycles. The van der Waals surface area contributed by atoms with E-state index < -0.39 is 0 Å². The zero-order valence-electron chi connectivity index (χ0n) is 12.1. The second-order valence-corrected chi connectivity index (χ2v) is 6.79. The summed E-state index contributed by atoms with van der Waals surface area (Å²) in [5.74, 6) is 0. The van der Waals surface area contributed by atoms with Crippen molar-refractivity contribution in [3.05, 3.63) is 34.3 Å². The molecule has 0 amide bonds. The lowest BCUT2D eigenvalue weighted by molar-refractivity contribution is 0.172. The molecule has 0 bridgehead atoms. The average Bonchev–Trinajstić information content (AvgIpc) is 2.81. The fourth-order valence-corrected chi connectivity index (χ4v) is 3.71. The van der Waals surface area contributed by atoms with E-state index >= 15 is 0 Å². The smallest absolute Gasteiger partial charge is 0.0242 e. The van der Waals surface area contributed by atoms with E-state index in [1.54, 1.807) is 0 Å². The second-order valence-electron chi connectivity index (χ2n) is 5.94. The first-order chi connectivity index (χ1) is 9.15. The number of nitrogens with zero attached hydrogens (tertiary/aromatic N) is 1. The molecule has 0 radical (unpaired) electrons. The molecule has 1 aliphatic rings. The van der Waals surface area contributed by atoms with E-state index in [4.69, 9.17) is 0 Å². The van der Waals surface area contributed by atoms with Gasteiger partial charge in [-0.2, -0.15) is 0 Å². The number of hydrogen-bond acceptors (Lipinski definition) is 2. The van der Waals surface area contributed by atoms with Crippen molar-refractivity contribution in [3.8, 4) is 0 Å². The predicted octanol–water partition coefficient (Wildman–Crippen LogP) is 3.66. The Bertz CT molecular complexity index is 399. The molecule has 1 aromatic rings. The lowest BCUT2D eigenvalue weighted by Gasteiger charge is -2.33. The Hall–Kier alpha value is -0.380. The number of halogens is 1. The van der Waals surface area contributed by atoms with Crippen LogP contribution in [0.25, 0.3) is 0 Å².